The van der Waals surface area contributed by atoms with Gasteiger partial charge in [0.1, 0.15) is 24.8 Å². The number of nitrogens with zero attached hydrogens (tertiary/aromatic N) is 1. The molecule has 0 bridgehead atoms. The smallest absolute Gasteiger partial charge is 0.416 e. The Morgan fingerprint density at radius 2 is 1.51 bits per heavy atom. The maximum atomic E-state index is 14.9. The highest BCUT2D eigenvalue weighted by Crippen LogP contribution is 2.39. The van der Waals surface area contributed by atoms with Gasteiger partial charge >= 0.3 is 6.09 Å². The summed E-state index contributed by atoms with van der Waals surface area (Å²) in [5.41, 5.74) is 4.61. The van der Waals surface area contributed by atoms with Crippen LogP contribution in [0.25, 0.3) is 0 Å². The predicted octanol–water partition coefficient (Wildman–Crippen LogP) is 9.55. The van der Waals surface area contributed by atoms with Crippen molar-refractivity contribution >= 4 is 33.6 Å². The molecule has 1 aliphatic rings. The highest BCUT2D eigenvalue weighted by molar-refractivity contribution is 9.10. The van der Waals surface area contributed by atoms with Gasteiger partial charge in [-0.05, 0) is 78.8 Å². The third-order valence-electron chi connectivity index (χ3n) is 8.77. The molecule has 8 heteroatoms. The highest BCUT2D eigenvalue weighted by atomic mass is 79.9. The summed E-state index contributed by atoms with van der Waals surface area (Å²) in [4.78, 5) is 29.5. The number of nitrogens with one attached hydrogen (secondary N) is 1. The highest BCUT2D eigenvalue weighted by Gasteiger charge is 2.43. The van der Waals surface area contributed by atoms with Crippen molar-refractivity contribution in [2.45, 2.75) is 44.4 Å². The molecule has 1 saturated heterocycles. The van der Waals surface area contributed by atoms with E-state index in [1.807, 2.05) is 109 Å². The summed E-state index contributed by atoms with van der Waals surface area (Å²) in [5.74, 6) is -0.676. The first kappa shape index (κ1) is 33.9. The second-order valence-corrected chi connectivity index (χ2v) is 13.1. The second-order valence-electron chi connectivity index (χ2n) is 12.2. The maximum absolute atomic E-state index is 14.9. The molecule has 5 aromatic rings. The number of hydrogen-bond donors (Lipinski definition) is 1. The number of imide groups is 1. The lowest BCUT2D eigenvalue weighted by Gasteiger charge is -2.33. The van der Waals surface area contributed by atoms with Crippen LogP contribution in [0.4, 0.5) is 14.9 Å². The number of para-hydroxylation sites is 1. The van der Waals surface area contributed by atoms with E-state index in [-0.39, 0.29) is 18.3 Å². The van der Waals surface area contributed by atoms with Crippen molar-refractivity contribution in [3.8, 4) is 5.75 Å². The van der Waals surface area contributed by atoms with E-state index < -0.39 is 24.1 Å². The molecule has 250 valence electrons. The van der Waals surface area contributed by atoms with Crippen LogP contribution in [0.1, 0.15) is 41.1 Å². The van der Waals surface area contributed by atoms with E-state index in [9.17, 15) is 14.0 Å². The zero-order chi connectivity index (χ0) is 34.0. The molecule has 0 unspecified atom stereocenters. The number of carbonyl (C=O) groups is 2. The fourth-order valence-corrected chi connectivity index (χ4v) is 6.63. The van der Waals surface area contributed by atoms with E-state index >= 15 is 0 Å². The van der Waals surface area contributed by atoms with Crippen molar-refractivity contribution in [1.29, 1.82) is 0 Å². The van der Waals surface area contributed by atoms with Crippen LogP contribution in [0.2, 0.25) is 0 Å². The van der Waals surface area contributed by atoms with Crippen molar-refractivity contribution in [3.05, 3.63) is 166 Å². The molecule has 49 heavy (non-hydrogen) atoms. The van der Waals surface area contributed by atoms with Crippen molar-refractivity contribution in [1.82, 2.24) is 4.90 Å². The quantitative estimate of drug-likeness (QED) is 0.124. The Labute approximate surface area is 295 Å². The van der Waals surface area contributed by atoms with Gasteiger partial charge in [-0.15, -0.1) is 0 Å². The van der Waals surface area contributed by atoms with E-state index in [1.165, 1.54) is 17.0 Å². The van der Waals surface area contributed by atoms with Crippen LogP contribution in [0, 0.1) is 11.7 Å². The number of anilines is 1. The molecule has 0 spiro atoms. The minimum Gasteiger partial charge on any atom is -0.489 e. The molecular weight excluding hydrogens is 683 g/mol. The van der Waals surface area contributed by atoms with Crippen LogP contribution in [0.5, 0.6) is 5.75 Å². The molecule has 1 N–H and O–H groups in total. The Bertz CT molecular complexity index is 1820. The number of carbonyl (C=O) groups excluding carboxylic acids is 2. The number of aryl methyl sites for hydroxylation is 1. The van der Waals surface area contributed by atoms with E-state index in [1.54, 1.807) is 12.1 Å². The molecule has 0 aliphatic carbocycles. The summed E-state index contributed by atoms with van der Waals surface area (Å²) in [5, 5.41) is 3.65. The van der Waals surface area contributed by atoms with Crippen LogP contribution in [-0.2, 0) is 29.0 Å². The zero-order valence-corrected chi connectivity index (χ0v) is 28.6. The summed E-state index contributed by atoms with van der Waals surface area (Å²) in [6, 6.07) is 40.7. The molecule has 5 aromatic carbocycles. The first-order valence-corrected chi connectivity index (χ1v) is 17.3. The van der Waals surface area contributed by atoms with Gasteiger partial charge in [0.15, 0.2) is 0 Å². The molecule has 0 saturated carbocycles. The monoisotopic (exact) mass is 720 g/mol. The molecule has 1 aliphatic heterocycles. The Kier molecular flexibility index (Phi) is 11.4. The van der Waals surface area contributed by atoms with Gasteiger partial charge in [0.05, 0.1) is 18.0 Å². The number of ether oxygens (including phenoxy) is 2. The van der Waals surface area contributed by atoms with Crippen molar-refractivity contribution < 1.29 is 23.5 Å². The lowest BCUT2D eigenvalue weighted by atomic mass is 9.85. The lowest BCUT2D eigenvalue weighted by molar-refractivity contribution is -0.134. The van der Waals surface area contributed by atoms with Gasteiger partial charge < -0.3 is 14.8 Å². The van der Waals surface area contributed by atoms with Crippen LogP contribution in [-0.4, -0.2) is 29.5 Å². The summed E-state index contributed by atoms with van der Waals surface area (Å²) in [7, 11) is 0. The number of hydrogen-bond acceptors (Lipinski definition) is 5. The molecule has 3 atom stereocenters. The largest absolute Gasteiger partial charge is 0.489 e. The van der Waals surface area contributed by atoms with Gasteiger partial charge in [-0.1, -0.05) is 113 Å². The average Bonchev–Trinajstić information content (AvgIpc) is 3.49. The van der Waals surface area contributed by atoms with Gasteiger partial charge in [-0.2, -0.15) is 0 Å². The molecule has 1 heterocycles. The molecule has 6 nitrogen and oxygen atoms in total. The van der Waals surface area contributed by atoms with Crippen molar-refractivity contribution in [2.24, 2.45) is 5.92 Å². The van der Waals surface area contributed by atoms with Gasteiger partial charge in [0.25, 0.3) is 0 Å². The molecule has 0 radical (unpaired) electrons. The molecular formula is C41H38BrFN2O4. The summed E-state index contributed by atoms with van der Waals surface area (Å²) < 4.78 is 26.5. The van der Waals surface area contributed by atoms with E-state index in [4.69, 9.17) is 9.47 Å². The minimum atomic E-state index is -0.690. The van der Waals surface area contributed by atoms with E-state index in [2.05, 4.69) is 21.2 Å². The van der Waals surface area contributed by atoms with E-state index in [0.29, 0.717) is 38.0 Å². The Morgan fingerprint density at radius 3 is 2.20 bits per heavy atom. The lowest BCUT2D eigenvalue weighted by Crippen LogP contribution is -2.46. The fourth-order valence-electron chi connectivity index (χ4n) is 6.29. The number of amides is 2. The van der Waals surface area contributed by atoms with Crippen molar-refractivity contribution in [3.63, 3.8) is 0 Å². The second kappa shape index (κ2) is 16.4. The van der Waals surface area contributed by atoms with E-state index in [0.717, 1.165) is 32.4 Å². The summed E-state index contributed by atoms with van der Waals surface area (Å²) in [6.45, 7) is 0.464. The van der Waals surface area contributed by atoms with Crippen LogP contribution in [0.3, 0.4) is 0 Å². The minimum absolute atomic E-state index is 0.127. The van der Waals surface area contributed by atoms with Crippen LogP contribution >= 0.6 is 15.9 Å². The summed E-state index contributed by atoms with van der Waals surface area (Å²) in [6.07, 6.45) is 1.55. The Balaban J connectivity index is 1.38. The predicted molar refractivity (Wildman–Crippen MR) is 193 cm³/mol. The Hall–Kier alpha value is -4.95. The average molecular weight is 722 g/mol. The number of cyclic esters (lactones) is 1. The maximum Gasteiger partial charge on any atom is 0.416 e. The number of benzene rings is 5. The molecule has 1 fully saturated rings. The first-order chi connectivity index (χ1) is 23.9. The van der Waals surface area contributed by atoms with Crippen LogP contribution < -0.4 is 10.1 Å². The number of rotatable bonds is 14. The first-order valence-electron chi connectivity index (χ1n) is 16.5. The zero-order valence-electron chi connectivity index (χ0n) is 27.0. The SMILES string of the molecule is O=C1OC[C@H](Cc2ccccc2)N1C(=O)[C@H](CCCc1ccc(F)cc1)[C@H](Nc1ccccc1)c1ccc(Br)cc1OCc1ccccc1. The normalized spacial score (nSPS) is 15.3. The summed E-state index contributed by atoms with van der Waals surface area (Å²) >= 11 is 3.62. The fraction of sp³-hybridized carbons (Fsp3) is 0.220. The van der Waals surface area contributed by atoms with Gasteiger partial charge in [-0.25, -0.2) is 14.1 Å². The third-order valence-corrected chi connectivity index (χ3v) is 9.26. The van der Waals surface area contributed by atoms with Gasteiger partial charge in [-0.3, -0.25) is 4.79 Å². The standard InChI is InChI=1S/C41H38BrFN2O4/c42-32-21-24-36(38(26-32)48-27-31-13-6-2-7-14-31)39(44-34-16-8-3-9-17-34)37(18-10-15-29-19-22-33(43)23-20-29)40(46)45-35(28-49-41(45)47)25-30-11-4-1-5-12-30/h1-9,11-14,16-17,19-24,26,35,37,39,44H,10,15,18,25,27-28H2/t35-,37+,39+/m0/s1. The Morgan fingerprint density at radius 1 is 0.857 bits per heavy atom. The molecule has 6 rings (SSSR count). The van der Waals surface area contributed by atoms with Gasteiger partial charge in [0.2, 0.25) is 5.91 Å². The van der Waals surface area contributed by atoms with Crippen molar-refractivity contribution in [2.75, 3.05) is 11.9 Å². The van der Waals surface area contributed by atoms with Crippen LogP contribution in [0.15, 0.2) is 138 Å². The molecule has 0 aromatic heterocycles. The van der Waals surface area contributed by atoms with Gasteiger partial charge in [0, 0.05) is 15.7 Å². The topological polar surface area (TPSA) is 67.9 Å². The molecule has 2 amide bonds. The third kappa shape index (κ3) is 8.95. The number of halogens is 2.